The summed E-state index contributed by atoms with van der Waals surface area (Å²) in [5.74, 6) is 1.46. The van der Waals surface area contributed by atoms with Crippen molar-refractivity contribution < 1.29 is 0 Å². The number of amidine groups is 1. The zero-order valence-corrected chi connectivity index (χ0v) is 17.2. The maximum atomic E-state index is 4.82. The molecule has 0 saturated heterocycles. The SMILES string of the molecule is CC(C)Cc1ccc(C2=NC(c3ccc4c(c3)nnn4C3CCCC3)=NC2)cc1. The van der Waals surface area contributed by atoms with Gasteiger partial charge in [-0.3, -0.25) is 4.99 Å². The van der Waals surface area contributed by atoms with E-state index in [1.807, 2.05) is 0 Å². The minimum absolute atomic E-state index is 0.498. The van der Waals surface area contributed by atoms with Crippen LogP contribution in [0.5, 0.6) is 0 Å². The van der Waals surface area contributed by atoms with Crippen LogP contribution in [0.3, 0.4) is 0 Å². The molecule has 5 rings (SSSR count). The first kappa shape index (κ1) is 18.2. The zero-order valence-electron chi connectivity index (χ0n) is 17.2. The highest BCUT2D eigenvalue weighted by molar-refractivity contribution is 6.17. The van der Waals surface area contributed by atoms with Gasteiger partial charge < -0.3 is 0 Å². The van der Waals surface area contributed by atoms with Crippen LogP contribution in [0.4, 0.5) is 0 Å². The highest BCUT2D eigenvalue weighted by Gasteiger charge is 2.21. The molecule has 2 aliphatic rings. The van der Waals surface area contributed by atoms with Crippen LogP contribution < -0.4 is 0 Å². The molecule has 3 aromatic rings. The van der Waals surface area contributed by atoms with E-state index in [9.17, 15) is 0 Å². The fourth-order valence-corrected chi connectivity index (χ4v) is 4.46. The number of fused-ring (bicyclic) bond motifs is 1. The fourth-order valence-electron chi connectivity index (χ4n) is 4.46. The summed E-state index contributed by atoms with van der Waals surface area (Å²) in [6.07, 6.45) is 6.09. The van der Waals surface area contributed by atoms with E-state index in [1.54, 1.807) is 0 Å². The van der Waals surface area contributed by atoms with Crippen LogP contribution in [0.25, 0.3) is 11.0 Å². The molecule has 1 saturated carbocycles. The van der Waals surface area contributed by atoms with Crippen molar-refractivity contribution in [3.8, 4) is 0 Å². The van der Waals surface area contributed by atoms with E-state index < -0.39 is 0 Å². The van der Waals surface area contributed by atoms with Crippen LogP contribution in [0.15, 0.2) is 52.4 Å². The van der Waals surface area contributed by atoms with E-state index in [4.69, 9.17) is 4.99 Å². The molecular weight excluding hydrogens is 358 g/mol. The predicted octanol–water partition coefficient (Wildman–Crippen LogP) is 4.99. The van der Waals surface area contributed by atoms with Gasteiger partial charge in [0.25, 0.3) is 0 Å². The summed E-state index contributed by atoms with van der Waals surface area (Å²) in [7, 11) is 0. The lowest BCUT2D eigenvalue weighted by atomic mass is 10.0. The maximum Gasteiger partial charge on any atom is 0.155 e. The van der Waals surface area contributed by atoms with Crippen molar-refractivity contribution in [1.29, 1.82) is 0 Å². The van der Waals surface area contributed by atoms with Gasteiger partial charge in [0, 0.05) is 5.56 Å². The van der Waals surface area contributed by atoms with Crippen molar-refractivity contribution in [2.45, 2.75) is 52.0 Å². The highest BCUT2D eigenvalue weighted by atomic mass is 15.4. The molecule has 2 heterocycles. The van der Waals surface area contributed by atoms with Gasteiger partial charge in [-0.2, -0.15) is 0 Å². The number of aromatic nitrogens is 3. The van der Waals surface area contributed by atoms with Gasteiger partial charge in [-0.05, 0) is 54.5 Å². The number of aliphatic imine (C=N–C) groups is 2. The molecular formula is C24H27N5. The summed E-state index contributed by atoms with van der Waals surface area (Å²) < 4.78 is 2.11. The van der Waals surface area contributed by atoms with E-state index in [2.05, 4.69) is 76.3 Å². The summed E-state index contributed by atoms with van der Waals surface area (Å²) in [4.78, 5) is 9.51. The minimum Gasteiger partial charge on any atom is -0.260 e. The van der Waals surface area contributed by atoms with Crippen LogP contribution in [-0.2, 0) is 6.42 Å². The Hall–Kier alpha value is -2.82. The Balaban J connectivity index is 1.37. The maximum absolute atomic E-state index is 4.82. The van der Waals surface area contributed by atoms with Crippen LogP contribution in [0.1, 0.15) is 62.3 Å². The monoisotopic (exact) mass is 385 g/mol. The van der Waals surface area contributed by atoms with Gasteiger partial charge in [-0.25, -0.2) is 9.67 Å². The van der Waals surface area contributed by atoms with Crippen molar-refractivity contribution in [2.75, 3.05) is 6.54 Å². The van der Waals surface area contributed by atoms with Crippen molar-refractivity contribution in [1.82, 2.24) is 15.0 Å². The first-order valence-electron chi connectivity index (χ1n) is 10.7. The lowest BCUT2D eigenvalue weighted by Crippen LogP contribution is -2.06. The molecule has 2 aromatic carbocycles. The fraction of sp³-hybridized carbons (Fsp3) is 0.417. The van der Waals surface area contributed by atoms with Crippen molar-refractivity contribution >= 4 is 22.6 Å². The molecule has 0 N–H and O–H groups in total. The molecule has 5 nitrogen and oxygen atoms in total. The van der Waals surface area contributed by atoms with Crippen LogP contribution >= 0.6 is 0 Å². The predicted molar refractivity (Wildman–Crippen MR) is 118 cm³/mol. The van der Waals surface area contributed by atoms with E-state index >= 15 is 0 Å². The Kier molecular flexibility index (Phi) is 4.74. The Labute approximate surface area is 171 Å². The van der Waals surface area contributed by atoms with E-state index in [1.165, 1.54) is 31.2 Å². The summed E-state index contributed by atoms with van der Waals surface area (Å²) in [6.45, 7) is 5.13. The van der Waals surface area contributed by atoms with Crippen LogP contribution in [0, 0.1) is 5.92 Å². The number of rotatable bonds is 5. The summed E-state index contributed by atoms with van der Waals surface area (Å²) >= 11 is 0. The third-order valence-electron chi connectivity index (χ3n) is 5.95. The quantitative estimate of drug-likeness (QED) is 0.621. The average Bonchev–Trinajstić information content (AvgIpc) is 3.47. The van der Waals surface area contributed by atoms with Gasteiger partial charge in [-0.1, -0.05) is 56.2 Å². The summed E-state index contributed by atoms with van der Waals surface area (Å²) in [6, 6.07) is 15.6. The van der Waals surface area contributed by atoms with E-state index in [-0.39, 0.29) is 0 Å². The van der Waals surface area contributed by atoms with Gasteiger partial charge in [0.05, 0.1) is 23.8 Å². The van der Waals surface area contributed by atoms with Crippen molar-refractivity contribution in [3.63, 3.8) is 0 Å². The van der Waals surface area contributed by atoms with Gasteiger partial charge in [0.2, 0.25) is 0 Å². The number of hydrogen-bond donors (Lipinski definition) is 0. The molecule has 0 amide bonds. The normalized spacial score (nSPS) is 17.3. The third kappa shape index (κ3) is 3.61. The molecule has 1 aromatic heterocycles. The van der Waals surface area contributed by atoms with Crippen molar-refractivity contribution in [3.05, 3.63) is 59.2 Å². The second-order valence-electron chi connectivity index (χ2n) is 8.67. The Morgan fingerprint density at radius 3 is 2.52 bits per heavy atom. The Morgan fingerprint density at radius 2 is 1.76 bits per heavy atom. The number of nitrogens with zero attached hydrogens (tertiary/aromatic N) is 5. The van der Waals surface area contributed by atoms with Gasteiger partial charge in [0.15, 0.2) is 5.84 Å². The molecule has 1 fully saturated rings. The number of hydrogen-bond acceptors (Lipinski definition) is 4. The molecule has 29 heavy (non-hydrogen) atoms. The Morgan fingerprint density at radius 1 is 1.00 bits per heavy atom. The highest BCUT2D eigenvalue weighted by Crippen LogP contribution is 2.31. The third-order valence-corrected chi connectivity index (χ3v) is 5.95. The van der Waals surface area contributed by atoms with E-state index in [0.717, 1.165) is 40.1 Å². The van der Waals surface area contributed by atoms with Gasteiger partial charge in [-0.15, -0.1) is 5.10 Å². The van der Waals surface area contributed by atoms with Crippen molar-refractivity contribution in [2.24, 2.45) is 15.9 Å². The molecule has 1 aliphatic carbocycles. The summed E-state index contributed by atoms with van der Waals surface area (Å²) in [5.41, 5.74) is 6.62. The number of benzene rings is 2. The van der Waals surface area contributed by atoms with Gasteiger partial charge >= 0.3 is 0 Å². The lowest BCUT2D eigenvalue weighted by molar-refractivity contribution is 0.467. The molecule has 148 valence electrons. The first-order valence-corrected chi connectivity index (χ1v) is 10.7. The Bertz CT molecular complexity index is 1080. The largest absolute Gasteiger partial charge is 0.260 e. The molecule has 0 unspecified atom stereocenters. The standard InChI is InChI=1S/C24H27N5/c1-16(2)13-17-7-9-18(10-8-17)22-15-25-24(26-22)19-11-12-23-21(14-19)27-28-29(23)20-5-3-4-6-20/h7-12,14,16,20H,3-6,13,15H2,1-2H3. The molecule has 0 spiro atoms. The van der Waals surface area contributed by atoms with Crippen LogP contribution in [-0.4, -0.2) is 33.1 Å². The van der Waals surface area contributed by atoms with Gasteiger partial charge in [0.1, 0.15) is 5.52 Å². The lowest BCUT2D eigenvalue weighted by Gasteiger charge is -2.09. The zero-order chi connectivity index (χ0) is 19.8. The average molecular weight is 386 g/mol. The molecule has 0 atom stereocenters. The molecule has 5 heteroatoms. The smallest absolute Gasteiger partial charge is 0.155 e. The summed E-state index contributed by atoms with van der Waals surface area (Å²) in [5, 5.41) is 8.84. The molecule has 0 bridgehead atoms. The second-order valence-corrected chi connectivity index (χ2v) is 8.67. The molecule has 0 radical (unpaired) electrons. The molecule has 1 aliphatic heterocycles. The first-order chi connectivity index (χ1) is 14.2. The van der Waals surface area contributed by atoms with E-state index in [0.29, 0.717) is 18.5 Å². The van der Waals surface area contributed by atoms with Crippen LogP contribution in [0.2, 0.25) is 0 Å². The minimum atomic E-state index is 0.498. The second kappa shape index (κ2) is 7.54. The topological polar surface area (TPSA) is 55.4 Å².